The molecule has 8 fully saturated rings. The number of fused-ring (bicyclic) bond motifs is 2. The number of anilines is 3. The number of imide groups is 1. The number of likely N-dealkylation sites (tertiary alicyclic amines) is 2. The van der Waals surface area contributed by atoms with E-state index >= 15 is 8.78 Å². The fourth-order valence-electron chi connectivity index (χ4n) is 12.8. The van der Waals surface area contributed by atoms with E-state index in [0.717, 1.165) is 54.9 Å². The molecule has 390 valence electrons. The summed E-state index contributed by atoms with van der Waals surface area (Å²) in [7, 11) is 0. The largest absolute Gasteiger partial charge is 0.439 e. The summed E-state index contributed by atoms with van der Waals surface area (Å²) in [6, 6.07) is 1.90. The molecule has 13 rings (SSSR count). The molecule has 4 saturated carbocycles. The van der Waals surface area contributed by atoms with Crippen LogP contribution in [0.5, 0.6) is 0 Å². The highest BCUT2D eigenvalue weighted by molar-refractivity contribution is 6.02. The molecule has 1 unspecified atom stereocenters. The van der Waals surface area contributed by atoms with Crippen molar-refractivity contribution in [3.05, 3.63) is 53.8 Å². The number of benzene rings is 1. The van der Waals surface area contributed by atoms with Crippen LogP contribution in [0.25, 0.3) is 33.8 Å². The molecule has 20 nitrogen and oxygen atoms in total. The Morgan fingerprint density at radius 1 is 0.851 bits per heavy atom. The van der Waals surface area contributed by atoms with Gasteiger partial charge < -0.3 is 35.0 Å². The van der Waals surface area contributed by atoms with Gasteiger partial charge in [-0.15, -0.1) is 0 Å². The zero-order chi connectivity index (χ0) is 51.0. The molecule has 8 aliphatic rings. The summed E-state index contributed by atoms with van der Waals surface area (Å²) in [5.41, 5.74) is 9.86. The van der Waals surface area contributed by atoms with Crippen LogP contribution in [0.3, 0.4) is 0 Å². The van der Waals surface area contributed by atoms with Crippen LogP contribution in [-0.2, 0) is 19.1 Å². The lowest BCUT2D eigenvalue weighted by atomic mass is 9.78. The average molecular weight is 1020 g/mol. The van der Waals surface area contributed by atoms with Gasteiger partial charge in [0, 0.05) is 88.3 Å². The first kappa shape index (κ1) is 48.1. The van der Waals surface area contributed by atoms with Crippen molar-refractivity contribution in [3.63, 3.8) is 0 Å². The lowest BCUT2D eigenvalue weighted by Crippen LogP contribution is -2.59. The third kappa shape index (κ3) is 8.95. The molecule has 4 amide bonds. The second-order valence-corrected chi connectivity index (χ2v) is 22.1. The summed E-state index contributed by atoms with van der Waals surface area (Å²) in [6.07, 6.45) is 13.5. The van der Waals surface area contributed by atoms with Crippen LogP contribution >= 0.6 is 0 Å². The molecule has 4 aromatic heterocycles. The number of amides is 4. The van der Waals surface area contributed by atoms with Crippen molar-refractivity contribution >= 4 is 52.0 Å². The zero-order valence-electron chi connectivity index (χ0n) is 41.8. The Hall–Kier alpha value is -6.84. The number of hydrogen-bond donors (Lipinski definition) is 3. The van der Waals surface area contributed by atoms with Crippen LogP contribution < -0.4 is 21.3 Å². The molecular formula is C52H62F2N14O6. The predicted octanol–water partition coefficient (Wildman–Crippen LogP) is 6.02. The van der Waals surface area contributed by atoms with Gasteiger partial charge >= 0.3 is 6.09 Å². The van der Waals surface area contributed by atoms with Crippen molar-refractivity contribution in [2.24, 2.45) is 17.8 Å². The Morgan fingerprint density at radius 3 is 2.22 bits per heavy atom. The van der Waals surface area contributed by atoms with Crippen molar-refractivity contribution in [2.75, 3.05) is 74.9 Å². The second kappa shape index (κ2) is 19.1. The molecule has 4 aliphatic carbocycles. The van der Waals surface area contributed by atoms with E-state index in [9.17, 15) is 19.2 Å². The summed E-state index contributed by atoms with van der Waals surface area (Å²) in [5.74, 6) is 0.999. The summed E-state index contributed by atoms with van der Waals surface area (Å²) in [6.45, 7) is 8.12. The molecule has 74 heavy (non-hydrogen) atoms. The maximum atomic E-state index is 15.4. The van der Waals surface area contributed by atoms with Gasteiger partial charge in [0.1, 0.15) is 35.3 Å². The minimum Gasteiger partial charge on any atom is -0.439 e. The minimum absolute atomic E-state index is 0.0982. The molecule has 0 spiro atoms. The number of rotatable bonds is 12. The number of halogens is 2. The molecule has 8 heterocycles. The molecule has 4 N–H and O–H groups in total. The minimum atomic E-state index is -0.751. The van der Waals surface area contributed by atoms with Gasteiger partial charge in [0.05, 0.1) is 17.0 Å². The van der Waals surface area contributed by atoms with Gasteiger partial charge in [-0.1, -0.05) is 5.16 Å². The van der Waals surface area contributed by atoms with E-state index in [4.69, 9.17) is 30.1 Å². The first-order chi connectivity index (χ1) is 35.8. The van der Waals surface area contributed by atoms with Crippen LogP contribution in [0.4, 0.5) is 30.8 Å². The van der Waals surface area contributed by atoms with Crippen molar-refractivity contribution in [3.8, 4) is 22.8 Å². The molecular weight excluding hydrogens is 955 g/mol. The number of hydrogen-bond acceptors (Lipinski definition) is 16. The van der Waals surface area contributed by atoms with Crippen LogP contribution in [0.1, 0.15) is 114 Å². The molecule has 5 aromatic rings. The number of aromatic nitrogens is 7. The topological polar surface area (TPSA) is 236 Å². The van der Waals surface area contributed by atoms with Crippen LogP contribution in [0, 0.1) is 29.4 Å². The highest BCUT2D eigenvalue weighted by Gasteiger charge is 2.47. The van der Waals surface area contributed by atoms with Gasteiger partial charge in [0.2, 0.25) is 11.8 Å². The Balaban J connectivity index is 0.608. The van der Waals surface area contributed by atoms with Crippen molar-refractivity contribution < 1.29 is 37.2 Å². The maximum absolute atomic E-state index is 15.4. The molecule has 1 aromatic carbocycles. The van der Waals surface area contributed by atoms with E-state index in [-0.39, 0.29) is 72.0 Å². The lowest BCUT2D eigenvalue weighted by Gasteiger charge is -2.50. The van der Waals surface area contributed by atoms with Crippen molar-refractivity contribution in [2.45, 2.75) is 114 Å². The number of nitrogens with one attached hydrogen (secondary N) is 2. The normalized spacial score (nSPS) is 24.1. The number of nitrogen functional groups attached to an aromatic ring is 1. The predicted molar refractivity (Wildman–Crippen MR) is 266 cm³/mol. The number of carbonyl (C=O) groups is 4. The smallest absolute Gasteiger partial charge is 0.410 e. The number of carbonyl (C=O) groups excluding carboxylic acids is 4. The molecule has 2 bridgehead atoms. The first-order valence-corrected chi connectivity index (χ1v) is 26.4. The summed E-state index contributed by atoms with van der Waals surface area (Å²) in [4.78, 5) is 76.5. The number of ether oxygens (including phenoxy) is 1. The first-order valence-electron chi connectivity index (χ1n) is 26.4. The summed E-state index contributed by atoms with van der Waals surface area (Å²) >= 11 is 0. The van der Waals surface area contributed by atoms with E-state index in [1.807, 2.05) is 17.1 Å². The van der Waals surface area contributed by atoms with Gasteiger partial charge in [-0.25, -0.2) is 38.2 Å². The summed E-state index contributed by atoms with van der Waals surface area (Å²) in [5, 5.41) is 15.5. The summed E-state index contributed by atoms with van der Waals surface area (Å²) < 4.78 is 44.5. The Morgan fingerprint density at radius 2 is 1.55 bits per heavy atom. The standard InChI is InChI=1S/C52H62F2N14O6/c1-52(2,67-17-15-65(16-18-67)45-35(53)22-34(23-36(45)54)60-37-5-6-39(69)61-50(37)71)33-9-13-64(14-10-33)40(70)26-73-51(72)66-11-7-29(8-12-66)32-24-56-48(57-25-32)41-44(63-74-46(41)30-3-4-30)43-42-47(55)58-27-59-49(42)68(62-43)38-21-28-19-31(38)20-28/h22-25,27-31,33,37-38,60H,3-21,26H2,1-2H3,(H2,55,58,59)(H,61,69,71)/t28?,31?,37?,38-/m1/s1. The fraction of sp³-hybridized carbons (Fsp3) is 0.577. The van der Waals surface area contributed by atoms with Gasteiger partial charge in [-0.3, -0.25) is 24.6 Å². The number of piperazine rings is 1. The SMILES string of the molecule is CC(C)(C1CCN(C(=O)COC(=O)N2CCC(c3cnc(-c4c(-c5nn([C@@H]6CC7CC6C7)c6ncnc(N)c56)noc4C4CC4)nc3)CC2)CC1)N1CCN(c2c(F)cc(NC3CCC(=O)NC3=O)cc2F)CC1. The maximum Gasteiger partial charge on any atom is 0.410 e. The van der Waals surface area contributed by atoms with Gasteiger partial charge in [0.15, 0.2) is 35.5 Å². The Kier molecular flexibility index (Phi) is 12.4. The van der Waals surface area contributed by atoms with Gasteiger partial charge in [0.25, 0.3) is 5.91 Å². The average Bonchev–Trinajstić information content (AvgIpc) is 3.66. The van der Waals surface area contributed by atoms with E-state index in [1.165, 1.54) is 31.3 Å². The third-order valence-electron chi connectivity index (χ3n) is 17.4. The second-order valence-electron chi connectivity index (χ2n) is 22.1. The molecule has 22 heteroatoms. The third-order valence-corrected chi connectivity index (χ3v) is 17.4. The van der Waals surface area contributed by atoms with E-state index < -0.39 is 29.7 Å². The monoisotopic (exact) mass is 1020 g/mol. The lowest BCUT2D eigenvalue weighted by molar-refractivity contribution is -0.137. The van der Waals surface area contributed by atoms with Crippen molar-refractivity contribution in [1.29, 1.82) is 0 Å². The van der Waals surface area contributed by atoms with E-state index in [1.54, 1.807) is 14.7 Å². The van der Waals surface area contributed by atoms with E-state index in [0.29, 0.717) is 105 Å². The highest BCUT2D eigenvalue weighted by atomic mass is 19.1. The number of nitrogens with zero attached hydrogens (tertiary/aromatic N) is 11. The molecule has 4 saturated heterocycles. The fourth-order valence-corrected chi connectivity index (χ4v) is 12.8. The Labute approximate surface area is 426 Å². The highest BCUT2D eigenvalue weighted by Crippen LogP contribution is 2.56. The van der Waals surface area contributed by atoms with Gasteiger partial charge in [-0.2, -0.15) is 5.10 Å². The number of nitrogens with two attached hydrogens (primary N) is 1. The zero-order valence-corrected chi connectivity index (χ0v) is 41.8. The number of piperidine rings is 3. The van der Waals surface area contributed by atoms with Gasteiger partial charge in [-0.05, 0) is 119 Å². The van der Waals surface area contributed by atoms with Crippen LogP contribution in [-0.4, -0.2) is 144 Å². The Bertz CT molecular complexity index is 2960. The molecule has 0 radical (unpaired) electrons. The van der Waals surface area contributed by atoms with Crippen molar-refractivity contribution in [1.82, 2.24) is 54.9 Å². The van der Waals surface area contributed by atoms with Crippen LogP contribution in [0.15, 0.2) is 35.4 Å². The quantitative estimate of drug-likeness (QED) is 0.121. The van der Waals surface area contributed by atoms with E-state index in [2.05, 4.69) is 44.5 Å². The molecule has 2 atom stereocenters. The molecule has 4 aliphatic heterocycles. The van der Waals surface area contributed by atoms with Crippen LogP contribution in [0.2, 0.25) is 0 Å².